The molecule has 1 heterocycles. The molecule has 0 aromatic heterocycles. The molecule has 0 unspecified atom stereocenters. The van der Waals surface area contributed by atoms with Gasteiger partial charge in [-0.15, -0.1) is 0 Å². The van der Waals surface area contributed by atoms with Gasteiger partial charge in [-0.2, -0.15) is 0 Å². The molecule has 114 valence electrons. The molecule has 1 aromatic rings. The van der Waals surface area contributed by atoms with Crippen LogP contribution >= 0.6 is 0 Å². The van der Waals surface area contributed by atoms with Crippen LogP contribution < -0.4 is 15.8 Å². The van der Waals surface area contributed by atoms with Crippen LogP contribution in [0.1, 0.15) is 12.5 Å². The molecule has 0 radical (unpaired) electrons. The summed E-state index contributed by atoms with van der Waals surface area (Å²) >= 11 is 0. The second-order valence-electron chi connectivity index (χ2n) is 5.03. The molecule has 6 nitrogen and oxygen atoms in total. The van der Waals surface area contributed by atoms with E-state index in [9.17, 15) is 13.2 Å². The highest BCUT2D eigenvalue weighted by molar-refractivity contribution is 7.89. The number of hydrogen-bond donors (Lipinski definition) is 3. The van der Waals surface area contributed by atoms with Crippen molar-refractivity contribution in [3.63, 3.8) is 0 Å². The van der Waals surface area contributed by atoms with Crippen LogP contribution in [-0.4, -0.2) is 34.0 Å². The highest BCUT2D eigenvalue weighted by atomic mass is 32.2. The molecule has 0 atom stereocenters. The van der Waals surface area contributed by atoms with Crippen molar-refractivity contribution in [1.29, 1.82) is 0 Å². The summed E-state index contributed by atoms with van der Waals surface area (Å²) in [6.45, 7) is 3.90. The number of benzene rings is 1. The smallest absolute Gasteiger partial charge is 0.246 e. The Morgan fingerprint density at radius 3 is 2.38 bits per heavy atom. The third-order valence-corrected chi connectivity index (χ3v) is 4.43. The summed E-state index contributed by atoms with van der Waals surface area (Å²) in [6.07, 6.45) is 0.636. The van der Waals surface area contributed by atoms with Gasteiger partial charge in [0.2, 0.25) is 15.9 Å². The van der Waals surface area contributed by atoms with Crippen LogP contribution in [0.4, 0.5) is 0 Å². The van der Waals surface area contributed by atoms with Crippen LogP contribution in [0.3, 0.4) is 0 Å². The lowest BCUT2D eigenvalue weighted by Gasteiger charge is -2.21. The summed E-state index contributed by atoms with van der Waals surface area (Å²) in [6, 6.07) is 6.35. The first-order valence-electron chi connectivity index (χ1n) is 6.67. The number of nitrogens with one attached hydrogen (secondary N) is 2. The fourth-order valence-electron chi connectivity index (χ4n) is 1.97. The minimum Gasteiger partial charge on any atom is -0.352 e. The number of rotatable bonds is 5. The maximum absolute atomic E-state index is 11.9. The maximum Gasteiger partial charge on any atom is 0.246 e. The van der Waals surface area contributed by atoms with E-state index < -0.39 is 10.0 Å². The van der Waals surface area contributed by atoms with E-state index in [1.54, 1.807) is 12.1 Å². The fourth-order valence-corrected chi connectivity index (χ4v) is 2.49. The molecular weight excluding hydrogens is 290 g/mol. The van der Waals surface area contributed by atoms with Crippen molar-refractivity contribution < 1.29 is 13.2 Å². The zero-order chi connectivity index (χ0) is 15.5. The van der Waals surface area contributed by atoms with Gasteiger partial charge in [-0.3, -0.25) is 4.79 Å². The summed E-state index contributed by atoms with van der Waals surface area (Å²) in [5.41, 5.74) is 2.86. The molecule has 1 aliphatic rings. The van der Waals surface area contributed by atoms with Crippen LogP contribution in [0, 0.1) is 0 Å². The molecule has 0 aliphatic carbocycles. The maximum atomic E-state index is 11.9. The first-order chi connectivity index (χ1) is 9.88. The number of primary sulfonamides is 1. The standard InChI is InChI=1S/C14H19N3O3S/c1-10(12-8-16-9-12)14(18)17-7-6-11-2-4-13(5-3-11)21(15,19)20/h2-5,16H,6-9H2,1H3,(H,17,18)(H2,15,19,20). The van der Waals surface area contributed by atoms with Crippen LogP contribution in [0.25, 0.3) is 0 Å². The summed E-state index contributed by atoms with van der Waals surface area (Å²) in [4.78, 5) is 12.0. The Labute approximate surface area is 124 Å². The van der Waals surface area contributed by atoms with Crippen molar-refractivity contribution >= 4 is 15.9 Å². The first-order valence-corrected chi connectivity index (χ1v) is 8.22. The van der Waals surface area contributed by atoms with Crippen molar-refractivity contribution in [2.75, 3.05) is 19.6 Å². The molecule has 21 heavy (non-hydrogen) atoms. The summed E-state index contributed by atoms with van der Waals surface area (Å²) in [5.74, 6) is -0.0485. The van der Waals surface area contributed by atoms with E-state index in [1.165, 1.54) is 12.1 Å². The van der Waals surface area contributed by atoms with Crippen molar-refractivity contribution in [3.8, 4) is 0 Å². The normalized spacial score (nSPS) is 14.5. The lowest BCUT2D eigenvalue weighted by atomic mass is 10.0. The van der Waals surface area contributed by atoms with Gasteiger partial charge in [-0.25, -0.2) is 13.6 Å². The van der Waals surface area contributed by atoms with E-state index in [1.807, 2.05) is 6.92 Å². The lowest BCUT2D eigenvalue weighted by molar-refractivity contribution is -0.117. The van der Waals surface area contributed by atoms with E-state index >= 15 is 0 Å². The number of carbonyl (C=O) groups is 1. The second kappa shape index (κ2) is 6.38. The Morgan fingerprint density at radius 2 is 1.90 bits per heavy atom. The number of hydrogen-bond acceptors (Lipinski definition) is 4. The van der Waals surface area contributed by atoms with Crippen LogP contribution in [0.5, 0.6) is 0 Å². The molecule has 0 spiro atoms. The van der Waals surface area contributed by atoms with Crippen LogP contribution in [0.15, 0.2) is 40.3 Å². The van der Waals surface area contributed by atoms with Crippen molar-refractivity contribution in [3.05, 3.63) is 41.0 Å². The minimum absolute atomic E-state index is 0.0485. The molecule has 1 fully saturated rings. The monoisotopic (exact) mass is 309 g/mol. The van der Waals surface area contributed by atoms with Crippen LogP contribution in [-0.2, 0) is 21.2 Å². The second-order valence-corrected chi connectivity index (χ2v) is 6.59. The van der Waals surface area contributed by atoms with E-state index in [4.69, 9.17) is 5.14 Å². The van der Waals surface area contributed by atoms with Gasteiger partial charge < -0.3 is 10.6 Å². The molecule has 1 amide bonds. The van der Waals surface area contributed by atoms with Gasteiger partial charge in [0, 0.05) is 25.2 Å². The van der Waals surface area contributed by atoms with Crippen LogP contribution in [0.2, 0.25) is 0 Å². The largest absolute Gasteiger partial charge is 0.352 e. The number of nitrogens with two attached hydrogens (primary N) is 1. The third kappa shape index (κ3) is 4.13. The zero-order valence-electron chi connectivity index (χ0n) is 11.8. The Kier molecular flexibility index (Phi) is 4.76. The molecule has 1 aliphatic heterocycles. The summed E-state index contributed by atoms with van der Waals surface area (Å²) in [7, 11) is -3.65. The molecule has 1 saturated heterocycles. The van der Waals surface area contributed by atoms with Gasteiger partial charge in [0.15, 0.2) is 0 Å². The summed E-state index contributed by atoms with van der Waals surface area (Å²) in [5, 5.41) is 11.0. The van der Waals surface area contributed by atoms with Gasteiger partial charge in [-0.05, 0) is 36.6 Å². The van der Waals surface area contributed by atoms with Gasteiger partial charge in [0.05, 0.1) is 4.90 Å². The Bertz CT molecular complexity index is 657. The van der Waals surface area contributed by atoms with E-state index in [0.29, 0.717) is 13.0 Å². The topological polar surface area (TPSA) is 101 Å². The number of sulfonamides is 1. The number of amides is 1. The van der Waals surface area contributed by atoms with E-state index in [0.717, 1.165) is 29.8 Å². The molecule has 7 heteroatoms. The SMILES string of the molecule is CC(C(=O)NCCc1ccc(S(N)(=O)=O)cc1)=C1CNC1. The fraction of sp³-hybridized carbons (Fsp3) is 0.357. The average Bonchev–Trinajstić information content (AvgIpc) is 2.36. The molecular formula is C14H19N3O3S. The van der Waals surface area contributed by atoms with Gasteiger partial charge >= 0.3 is 0 Å². The average molecular weight is 309 g/mol. The molecule has 0 saturated carbocycles. The van der Waals surface area contributed by atoms with Gasteiger partial charge in [-0.1, -0.05) is 12.1 Å². The Morgan fingerprint density at radius 1 is 1.29 bits per heavy atom. The van der Waals surface area contributed by atoms with Gasteiger partial charge in [0.25, 0.3) is 0 Å². The van der Waals surface area contributed by atoms with E-state index in [2.05, 4.69) is 10.6 Å². The van der Waals surface area contributed by atoms with Crippen molar-refractivity contribution in [2.45, 2.75) is 18.2 Å². The molecule has 1 aromatic carbocycles. The van der Waals surface area contributed by atoms with Gasteiger partial charge in [0.1, 0.15) is 0 Å². The molecule has 0 bridgehead atoms. The van der Waals surface area contributed by atoms with Crippen molar-refractivity contribution in [2.24, 2.45) is 5.14 Å². The Balaban J connectivity index is 1.85. The third-order valence-electron chi connectivity index (χ3n) is 3.50. The highest BCUT2D eigenvalue weighted by Gasteiger charge is 2.15. The first kappa shape index (κ1) is 15.7. The molecule has 2 rings (SSSR count). The highest BCUT2D eigenvalue weighted by Crippen LogP contribution is 2.10. The zero-order valence-corrected chi connectivity index (χ0v) is 12.7. The number of carbonyl (C=O) groups excluding carboxylic acids is 1. The van der Waals surface area contributed by atoms with Crippen molar-refractivity contribution in [1.82, 2.24) is 10.6 Å². The lowest BCUT2D eigenvalue weighted by Crippen LogP contribution is -2.38. The molecule has 4 N–H and O–H groups in total. The summed E-state index contributed by atoms with van der Waals surface area (Å²) < 4.78 is 22.3. The predicted molar refractivity (Wildman–Crippen MR) is 80.1 cm³/mol. The minimum atomic E-state index is -3.65. The predicted octanol–water partition coefficient (Wildman–Crippen LogP) is -0.0876. The van der Waals surface area contributed by atoms with E-state index in [-0.39, 0.29) is 10.8 Å². The quantitative estimate of drug-likeness (QED) is 0.662. The Hall–Kier alpha value is -1.70.